The largest absolute Gasteiger partial charge is 0.312 e. The first-order valence-electron chi connectivity index (χ1n) is 4.97. The van der Waals surface area contributed by atoms with Crippen LogP contribution in [0.1, 0.15) is 19.3 Å². The number of hydrazine groups is 1. The molecule has 0 unspecified atom stereocenters. The molecule has 3 N–H and O–H groups in total. The van der Waals surface area contributed by atoms with Gasteiger partial charge in [-0.3, -0.25) is 0 Å². The maximum absolute atomic E-state index is 5.42. The quantitative estimate of drug-likeness (QED) is 0.330. The van der Waals surface area contributed by atoms with E-state index in [0.717, 1.165) is 23.9 Å². The standard InChI is InChI=1S/C11H15N3/c12-14-11(8-9-6-7-9)13-10-4-2-1-3-5-10/h1-5,9H,6-8,12H2,(H,13,14). The van der Waals surface area contributed by atoms with Crippen LogP contribution >= 0.6 is 0 Å². The Bertz CT molecular complexity index is 315. The van der Waals surface area contributed by atoms with Gasteiger partial charge >= 0.3 is 0 Å². The van der Waals surface area contributed by atoms with E-state index < -0.39 is 0 Å². The molecule has 0 bridgehead atoms. The highest BCUT2D eigenvalue weighted by Crippen LogP contribution is 2.32. The van der Waals surface area contributed by atoms with Gasteiger partial charge in [0.25, 0.3) is 0 Å². The van der Waals surface area contributed by atoms with Gasteiger partial charge in [0.2, 0.25) is 0 Å². The maximum Gasteiger partial charge on any atom is 0.116 e. The zero-order valence-electron chi connectivity index (χ0n) is 8.11. The fourth-order valence-electron chi connectivity index (χ4n) is 1.39. The number of aliphatic imine (C=N–C) groups is 1. The molecule has 0 aromatic heterocycles. The Hall–Kier alpha value is -1.35. The van der Waals surface area contributed by atoms with Crippen molar-refractivity contribution in [2.24, 2.45) is 16.8 Å². The summed E-state index contributed by atoms with van der Waals surface area (Å²) in [5, 5.41) is 0. The number of hydrogen-bond acceptors (Lipinski definition) is 2. The Morgan fingerprint density at radius 2 is 2.07 bits per heavy atom. The highest BCUT2D eigenvalue weighted by Gasteiger charge is 2.22. The average Bonchev–Trinajstić information content (AvgIpc) is 3.02. The van der Waals surface area contributed by atoms with E-state index in [2.05, 4.69) is 10.4 Å². The molecule has 1 aromatic rings. The van der Waals surface area contributed by atoms with Gasteiger partial charge in [-0.15, -0.1) is 0 Å². The van der Waals surface area contributed by atoms with Crippen molar-refractivity contribution < 1.29 is 0 Å². The molecule has 3 nitrogen and oxygen atoms in total. The number of nitrogens with zero attached hydrogens (tertiary/aromatic N) is 1. The van der Waals surface area contributed by atoms with Crippen LogP contribution in [0.2, 0.25) is 0 Å². The maximum atomic E-state index is 5.42. The number of rotatable bonds is 3. The first-order chi connectivity index (χ1) is 6.88. The molecule has 14 heavy (non-hydrogen) atoms. The van der Waals surface area contributed by atoms with Crippen molar-refractivity contribution in [1.82, 2.24) is 5.43 Å². The summed E-state index contributed by atoms with van der Waals surface area (Å²) in [5.41, 5.74) is 3.63. The number of hydrogen-bond donors (Lipinski definition) is 2. The summed E-state index contributed by atoms with van der Waals surface area (Å²) in [6.45, 7) is 0. The molecule has 0 aliphatic heterocycles. The van der Waals surface area contributed by atoms with Crippen LogP contribution in [0.3, 0.4) is 0 Å². The number of benzene rings is 1. The fraction of sp³-hybridized carbons (Fsp3) is 0.364. The van der Waals surface area contributed by atoms with Gasteiger partial charge in [0.1, 0.15) is 5.84 Å². The van der Waals surface area contributed by atoms with Crippen molar-refractivity contribution in [2.75, 3.05) is 0 Å². The monoisotopic (exact) mass is 189 g/mol. The van der Waals surface area contributed by atoms with Gasteiger partial charge in [-0.25, -0.2) is 10.8 Å². The number of nitrogens with one attached hydrogen (secondary N) is 1. The molecule has 1 fully saturated rings. The van der Waals surface area contributed by atoms with E-state index in [0.29, 0.717) is 0 Å². The van der Waals surface area contributed by atoms with E-state index >= 15 is 0 Å². The van der Waals surface area contributed by atoms with Gasteiger partial charge in [-0.1, -0.05) is 18.2 Å². The highest BCUT2D eigenvalue weighted by molar-refractivity contribution is 5.84. The van der Waals surface area contributed by atoms with E-state index in [1.807, 2.05) is 30.3 Å². The van der Waals surface area contributed by atoms with Crippen LogP contribution in [0.25, 0.3) is 0 Å². The first kappa shape index (κ1) is 9.21. The van der Waals surface area contributed by atoms with E-state index in [9.17, 15) is 0 Å². The van der Waals surface area contributed by atoms with Crippen molar-refractivity contribution in [3.8, 4) is 0 Å². The number of para-hydroxylation sites is 1. The van der Waals surface area contributed by atoms with Crippen LogP contribution in [0, 0.1) is 5.92 Å². The van der Waals surface area contributed by atoms with Crippen LogP contribution in [-0.4, -0.2) is 5.84 Å². The third-order valence-corrected chi connectivity index (χ3v) is 2.37. The molecule has 0 spiro atoms. The normalized spacial score (nSPS) is 16.8. The lowest BCUT2D eigenvalue weighted by atomic mass is 10.2. The average molecular weight is 189 g/mol. The van der Waals surface area contributed by atoms with Crippen molar-refractivity contribution in [3.63, 3.8) is 0 Å². The Morgan fingerprint density at radius 3 is 2.64 bits per heavy atom. The summed E-state index contributed by atoms with van der Waals surface area (Å²) in [6.07, 6.45) is 3.61. The lowest BCUT2D eigenvalue weighted by molar-refractivity contribution is 0.844. The molecule has 1 saturated carbocycles. The molecule has 0 heterocycles. The summed E-state index contributed by atoms with van der Waals surface area (Å²) >= 11 is 0. The molecular weight excluding hydrogens is 174 g/mol. The molecule has 74 valence electrons. The lowest BCUT2D eigenvalue weighted by Crippen LogP contribution is -2.30. The second-order valence-electron chi connectivity index (χ2n) is 3.69. The summed E-state index contributed by atoms with van der Waals surface area (Å²) in [5.74, 6) is 7.10. The Labute approximate surface area is 84.0 Å². The van der Waals surface area contributed by atoms with Gasteiger partial charge in [-0.2, -0.15) is 0 Å². The predicted octanol–water partition coefficient (Wildman–Crippen LogP) is 1.98. The minimum Gasteiger partial charge on any atom is -0.312 e. The predicted molar refractivity (Wildman–Crippen MR) is 58.2 cm³/mol. The van der Waals surface area contributed by atoms with Crippen molar-refractivity contribution in [1.29, 1.82) is 0 Å². The molecule has 0 radical (unpaired) electrons. The number of amidine groups is 1. The topological polar surface area (TPSA) is 50.4 Å². The van der Waals surface area contributed by atoms with Gasteiger partial charge in [0.05, 0.1) is 5.69 Å². The molecule has 2 rings (SSSR count). The van der Waals surface area contributed by atoms with Crippen LogP contribution in [-0.2, 0) is 0 Å². The van der Waals surface area contributed by atoms with Gasteiger partial charge in [0, 0.05) is 6.42 Å². The Balaban J connectivity index is 2.05. The van der Waals surface area contributed by atoms with E-state index in [1.165, 1.54) is 12.8 Å². The van der Waals surface area contributed by atoms with E-state index in [-0.39, 0.29) is 0 Å². The molecule has 0 amide bonds. The van der Waals surface area contributed by atoms with Crippen LogP contribution in [0.4, 0.5) is 5.69 Å². The highest BCUT2D eigenvalue weighted by atomic mass is 15.2. The third-order valence-electron chi connectivity index (χ3n) is 2.37. The van der Waals surface area contributed by atoms with Crippen molar-refractivity contribution >= 4 is 11.5 Å². The molecular formula is C11H15N3. The van der Waals surface area contributed by atoms with Gasteiger partial charge in [0.15, 0.2) is 0 Å². The molecule has 1 aliphatic carbocycles. The summed E-state index contributed by atoms with van der Waals surface area (Å²) in [4.78, 5) is 4.44. The molecule has 3 heteroatoms. The minimum absolute atomic E-state index is 0.800. The summed E-state index contributed by atoms with van der Waals surface area (Å²) in [6, 6.07) is 9.89. The van der Waals surface area contributed by atoms with Crippen molar-refractivity contribution in [3.05, 3.63) is 30.3 Å². The minimum atomic E-state index is 0.800. The molecule has 1 aliphatic rings. The molecule has 1 aromatic carbocycles. The number of nitrogens with two attached hydrogens (primary N) is 1. The zero-order chi connectivity index (χ0) is 9.80. The van der Waals surface area contributed by atoms with Gasteiger partial charge in [-0.05, 0) is 30.9 Å². The second kappa shape index (κ2) is 4.24. The van der Waals surface area contributed by atoms with Crippen LogP contribution in [0.5, 0.6) is 0 Å². The first-order valence-corrected chi connectivity index (χ1v) is 4.97. The van der Waals surface area contributed by atoms with E-state index in [4.69, 9.17) is 5.84 Å². The van der Waals surface area contributed by atoms with Crippen molar-refractivity contribution in [2.45, 2.75) is 19.3 Å². The van der Waals surface area contributed by atoms with Crippen LogP contribution in [0.15, 0.2) is 35.3 Å². The molecule has 0 atom stereocenters. The lowest BCUT2D eigenvalue weighted by Gasteiger charge is -2.03. The fourth-order valence-corrected chi connectivity index (χ4v) is 1.39. The second-order valence-corrected chi connectivity index (χ2v) is 3.69. The summed E-state index contributed by atoms with van der Waals surface area (Å²) in [7, 11) is 0. The van der Waals surface area contributed by atoms with Gasteiger partial charge < -0.3 is 5.43 Å². The summed E-state index contributed by atoms with van der Waals surface area (Å²) < 4.78 is 0. The third kappa shape index (κ3) is 2.57. The smallest absolute Gasteiger partial charge is 0.116 e. The zero-order valence-corrected chi connectivity index (χ0v) is 8.11. The Kier molecular flexibility index (Phi) is 2.79. The molecule has 0 saturated heterocycles. The van der Waals surface area contributed by atoms with Crippen LogP contribution < -0.4 is 11.3 Å². The van der Waals surface area contributed by atoms with E-state index in [1.54, 1.807) is 0 Å². The Morgan fingerprint density at radius 1 is 1.36 bits per heavy atom. The SMILES string of the molecule is NNC(CC1CC1)=Nc1ccccc1.